The molecule has 0 radical (unpaired) electrons. The number of halogens is 1. The van der Waals surface area contributed by atoms with Crippen LogP contribution in [0.2, 0.25) is 0 Å². The second-order valence-corrected chi connectivity index (χ2v) is 6.64. The van der Waals surface area contributed by atoms with Gasteiger partial charge in [-0.15, -0.1) is 0 Å². The van der Waals surface area contributed by atoms with Gasteiger partial charge in [0.05, 0.1) is 18.1 Å². The van der Waals surface area contributed by atoms with Crippen LogP contribution in [-0.4, -0.2) is 58.2 Å². The molecule has 2 aromatic rings. The van der Waals surface area contributed by atoms with Crippen molar-refractivity contribution in [1.29, 1.82) is 0 Å². The van der Waals surface area contributed by atoms with Gasteiger partial charge in [-0.3, -0.25) is 4.79 Å². The van der Waals surface area contributed by atoms with Crippen molar-refractivity contribution < 1.29 is 18.7 Å². The van der Waals surface area contributed by atoms with Crippen LogP contribution >= 0.6 is 0 Å². The van der Waals surface area contributed by atoms with E-state index in [4.69, 9.17) is 9.47 Å². The molecule has 7 nitrogen and oxygen atoms in total. The van der Waals surface area contributed by atoms with Crippen molar-refractivity contribution in [2.24, 2.45) is 5.41 Å². The summed E-state index contributed by atoms with van der Waals surface area (Å²) in [6.45, 7) is 1.87. The van der Waals surface area contributed by atoms with Gasteiger partial charge in [-0.05, 0) is 31.0 Å². The Hall–Kier alpha value is -2.61. The number of pyridine rings is 1. The van der Waals surface area contributed by atoms with E-state index in [1.165, 1.54) is 18.3 Å². The fraction of sp³-hybridized carbons (Fsp3) is 0.444. The van der Waals surface area contributed by atoms with E-state index in [1.54, 1.807) is 23.4 Å². The average molecular weight is 358 g/mol. The number of hydrogen-bond acceptors (Lipinski definition) is 6. The first-order chi connectivity index (χ1) is 12.7. The maximum Gasteiger partial charge on any atom is 0.291 e. The van der Waals surface area contributed by atoms with Crippen LogP contribution in [-0.2, 0) is 4.74 Å². The quantitative estimate of drug-likeness (QED) is 0.828. The number of carbonyl (C=O) groups is 1. The van der Waals surface area contributed by atoms with Crippen LogP contribution in [0.15, 0.2) is 36.8 Å². The molecule has 26 heavy (non-hydrogen) atoms. The molecule has 0 N–H and O–H groups in total. The summed E-state index contributed by atoms with van der Waals surface area (Å²) in [4.78, 5) is 26.5. The van der Waals surface area contributed by atoms with Gasteiger partial charge in [0, 0.05) is 38.3 Å². The molecule has 0 spiro atoms. The minimum atomic E-state index is -0.499. The summed E-state index contributed by atoms with van der Waals surface area (Å²) in [5.41, 5.74) is -0.382. The Kier molecular flexibility index (Phi) is 4.50. The van der Waals surface area contributed by atoms with Crippen LogP contribution in [0.25, 0.3) is 0 Å². The molecule has 4 rings (SSSR count). The minimum Gasteiger partial charge on any atom is -0.475 e. The van der Waals surface area contributed by atoms with E-state index in [0.29, 0.717) is 26.1 Å². The minimum absolute atomic E-state index is 0.0185. The van der Waals surface area contributed by atoms with E-state index >= 15 is 0 Å². The third-order valence-electron chi connectivity index (χ3n) is 5.03. The molecule has 2 aliphatic heterocycles. The second-order valence-electron chi connectivity index (χ2n) is 6.64. The lowest BCUT2D eigenvalue weighted by Gasteiger charge is -2.42. The highest BCUT2D eigenvalue weighted by Gasteiger charge is 2.50. The average Bonchev–Trinajstić information content (AvgIpc) is 3.11. The standard InChI is InChI=1S/C18H19FN4O3/c19-13-3-1-6-22-16(13)26-12-18-5-10-25-14(18)4-9-23(11-18)17(24)15-20-7-2-8-21-15/h1-3,6-8,14H,4-5,9-12H2/t14-,18+/m0/s1. The molecular formula is C18H19FN4O3. The molecule has 2 fully saturated rings. The number of carbonyl (C=O) groups excluding carboxylic acids is 1. The Bertz CT molecular complexity index is 791. The van der Waals surface area contributed by atoms with Gasteiger partial charge in [0.1, 0.15) is 0 Å². The first kappa shape index (κ1) is 16.8. The smallest absolute Gasteiger partial charge is 0.291 e. The van der Waals surface area contributed by atoms with Gasteiger partial charge >= 0.3 is 0 Å². The summed E-state index contributed by atoms with van der Waals surface area (Å²) in [7, 11) is 0. The second kappa shape index (κ2) is 6.95. The number of rotatable bonds is 4. The maximum atomic E-state index is 13.8. The third kappa shape index (κ3) is 3.12. The monoisotopic (exact) mass is 358 g/mol. The Morgan fingerprint density at radius 1 is 1.31 bits per heavy atom. The fourth-order valence-electron chi connectivity index (χ4n) is 3.67. The van der Waals surface area contributed by atoms with Gasteiger partial charge in [-0.1, -0.05) is 0 Å². The number of aromatic nitrogens is 3. The zero-order valence-electron chi connectivity index (χ0n) is 14.2. The van der Waals surface area contributed by atoms with E-state index in [2.05, 4.69) is 15.0 Å². The highest BCUT2D eigenvalue weighted by Crippen LogP contribution is 2.41. The zero-order chi connectivity index (χ0) is 18.0. The van der Waals surface area contributed by atoms with Gasteiger partial charge in [-0.25, -0.2) is 19.3 Å². The van der Waals surface area contributed by atoms with Gasteiger partial charge in [0.15, 0.2) is 5.82 Å². The summed E-state index contributed by atoms with van der Waals surface area (Å²) in [6.07, 6.45) is 6.01. The Morgan fingerprint density at radius 3 is 2.92 bits per heavy atom. The van der Waals surface area contributed by atoms with Gasteiger partial charge in [0.2, 0.25) is 11.7 Å². The Morgan fingerprint density at radius 2 is 2.12 bits per heavy atom. The van der Waals surface area contributed by atoms with Crippen molar-refractivity contribution in [3.63, 3.8) is 0 Å². The molecule has 0 aromatic carbocycles. The van der Waals surface area contributed by atoms with Crippen LogP contribution in [0.4, 0.5) is 4.39 Å². The summed E-state index contributed by atoms with van der Waals surface area (Å²) >= 11 is 0. The fourth-order valence-corrected chi connectivity index (χ4v) is 3.67. The summed E-state index contributed by atoms with van der Waals surface area (Å²) < 4.78 is 25.3. The zero-order valence-corrected chi connectivity index (χ0v) is 14.2. The van der Waals surface area contributed by atoms with E-state index in [9.17, 15) is 9.18 Å². The molecule has 4 heterocycles. The van der Waals surface area contributed by atoms with Gasteiger partial charge in [-0.2, -0.15) is 0 Å². The summed E-state index contributed by atoms with van der Waals surface area (Å²) in [5.74, 6) is -0.556. The van der Waals surface area contributed by atoms with Crippen molar-refractivity contribution in [3.8, 4) is 5.88 Å². The molecule has 8 heteroatoms. The maximum absolute atomic E-state index is 13.8. The number of ether oxygens (including phenoxy) is 2. The largest absolute Gasteiger partial charge is 0.475 e. The summed E-state index contributed by atoms with van der Waals surface area (Å²) in [5, 5.41) is 0. The number of fused-ring (bicyclic) bond motifs is 1. The Labute approximate surface area is 150 Å². The van der Waals surface area contributed by atoms with Crippen LogP contribution < -0.4 is 4.74 Å². The Balaban J connectivity index is 1.51. The predicted octanol–water partition coefficient (Wildman–Crippen LogP) is 1.71. The number of piperidine rings is 1. The topological polar surface area (TPSA) is 77.4 Å². The number of amides is 1. The van der Waals surface area contributed by atoms with Crippen molar-refractivity contribution in [2.75, 3.05) is 26.3 Å². The predicted molar refractivity (Wildman–Crippen MR) is 89.0 cm³/mol. The van der Waals surface area contributed by atoms with Crippen molar-refractivity contribution >= 4 is 5.91 Å². The number of likely N-dealkylation sites (tertiary alicyclic amines) is 1. The van der Waals surface area contributed by atoms with Gasteiger partial charge < -0.3 is 14.4 Å². The van der Waals surface area contributed by atoms with E-state index in [-0.39, 0.29) is 35.7 Å². The van der Waals surface area contributed by atoms with Crippen molar-refractivity contribution in [2.45, 2.75) is 18.9 Å². The van der Waals surface area contributed by atoms with Crippen molar-refractivity contribution in [1.82, 2.24) is 19.9 Å². The van der Waals surface area contributed by atoms with Crippen LogP contribution in [0.3, 0.4) is 0 Å². The number of nitrogens with zero attached hydrogens (tertiary/aromatic N) is 4. The van der Waals surface area contributed by atoms with Crippen molar-refractivity contribution in [3.05, 3.63) is 48.4 Å². The van der Waals surface area contributed by atoms with Crippen LogP contribution in [0.5, 0.6) is 5.88 Å². The summed E-state index contributed by atoms with van der Waals surface area (Å²) in [6, 6.07) is 4.50. The highest BCUT2D eigenvalue weighted by atomic mass is 19.1. The van der Waals surface area contributed by atoms with Crippen LogP contribution in [0, 0.1) is 11.2 Å². The van der Waals surface area contributed by atoms with Gasteiger partial charge in [0.25, 0.3) is 5.91 Å². The molecular weight excluding hydrogens is 339 g/mol. The van der Waals surface area contributed by atoms with Crippen LogP contribution in [0.1, 0.15) is 23.5 Å². The lowest BCUT2D eigenvalue weighted by Crippen LogP contribution is -2.54. The lowest BCUT2D eigenvalue weighted by atomic mass is 9.77. The third-order valence-corrected chi connectivity index (χ3v) is 5.03. The molecule has 1 amide bonds. The lowest BCUT2D eigenvalue weighted by molar-refractivity contribution is -0.0340. The molecule has 2 atom stereocenters. The molecule has 0 aliphatic carbocycles. The molecule has 136 valence electrons. The molecule has 0 saturated carbocycles. The first-order valence-corrected chi connectivity index (χ1v) is 8.59. The van der Waals surface area contributed by atoms with E-state index in [1.807, 2.05) is 0 Å². The molecule has 0 bridgehead atoms. The molecule has 2 saturated heterocycles. The molecule has 2 aliphatic rings. The number of hydrogen-bond donors (Lipinski definition) is 0. The van der Waals surface area contributed by atoms with E-state index in [0.717, 1.165) is 6.42 Å². The first-order valence-electron chi connectivity index (χ1n) is 8.59. The highest BCUT2D eigenvalue weighted by molar-refractivity contribution is 5.90. The molecule has 0 unspecified atom stereocenters. The van der Waals surface area contributed by atoms with E-state index < -0.39 is 5.82 Å². The normalized spacial score (nSPS) is 25.0. The molecule has 2 aromatic heterocycles. The SMILES string of the molecule is O=C(c1ncccn1)N1CC[C@@H]2OCC[C@]2(COc2ncccc2F)C1.